The van der Waals surface area contributed by atoms with Gasteiger partial charge in [-0.25, -0.2) is 9.89 Å². The zero-order valence-corrected chi connectivity index (χ0v) is 19.3. The quantitative estimate of drug-likeness (QED) is 0.208. The van der Waals surface area contributed by atoms with E-state index < -0.39 is 46.4 Å². The summed E-state index contributed by atoms with van der Waals surface area (Å²) in [4.78, 5) is 61.5. The van der Waals surface area contributed by atoms with Crippen molar-refractivity contribution in [3.63, 3.8) is 0 Å². The van der Waals surface area contributed by atoms with Crippen LogP contribution in [0.4, 0.5) is 0 Å². The molecular weight excluding hydrogens is 486 g/mol. The second-order valence-electron chi connectivity index (χ2n) is 7.45. The monoisotopic (exact) mass is 505 g/mol. The number of aliphatic hydroxyl groups excluding tert-OH is 1. The fourth-order valence-corrected chi connectivity index (χ4v) is 5.96. The maximum Gasteiger partial charge on any atom is 0.352 e. The van der Waals surface area contributed by atoms with Gasteiger partial charge in [0.25, 0.3) is 11.8 Å². The molecule has 0 radical (unpaired) electrons. The molecule has 2 amide bonds. The van der Waals surface area contributed by atoms with Gasteiger partial charge in [0.15, 0.2) is 11.3 Å². The molecule has 14 heteroatoms. The lowest BCUT2D eigenvalue weighted by molar-refractivity contribution is -0.151. The Balaban J connectivity index is 1.49. The Bertz CT molecular complexity index is 1310. The van der Waals surface area contributed by atoms with Crippen molar-refractivity contribution in [1.29, 1.82) is 0 Å². The molecule has 0 saturated carbocycles. The molecule has 4 rings (SSSR count). The van der Waals surface area contributed by atoms with Crippen LogP contribution in [0.15, 0.2) is 56.3 Å². The predicted molar refractivity (Wildman–Crippen MR) is 122 cm³/mol. The first-order valence-electron chi connectivity index (χ1n) is 9.92. The number of aromatic nitrogens is 3. The van der Waals surface area contributed by atoms with Crippen LogP contribution < -0.4 is 16.4 Å². The lowest BCUT2D eigenvalue weighted by Crippen LogP contribution is -2.70. The van der Waals surface area contributed by atoms with Gasteiger partial charge in [0.1, 0.15) is 17.1 Å². The lowest BCUT2D eigenvalue weighted by Gasteiger charge is -2.49. The largest absolute Gasteiger partial charge is 0.477 e. The zero-order valence-electron chi connectivity index (χ0n) is 17.6. The number of fused-ring (bicyclic) bond motifs is 1. The Morgan fingerprint density at radius 1 is 1.29 bits per heavy atom. The number of aliphatic carboxylic acids is 1. The summed E-state index contributed by atoms with van der Waals surface area (Å²) in [6.07, 6.45) is -1.46. The number of β-lactam (4-membered cyclic amide) rings is 1. The highest BCUT2D eigenvalue weighted by Crippen LogP contribution is 2.41. The van der Waals surface area contributed by atoms with E-state index in [0.29, 0.717) is 11.1 Å². The summed E-state index contributed by atoms with van der Waals surface area (Å²) in [6, 6.07) is 7.27. The Kier molecular flexibility index (Phi) is 6.63. The van der Waals surface area contributed by atoms with E-state index in [1.807, 2.05) is 0 Å². The van der Waals surface area contributed by atoms with Gasteiger partial charge in [-0.1, -0.05) is 42.1 Å². The first kappa shape index (κ1) is 23.8. The van der Waals surface area contributed by atoms with Crippen LogP contribution in [0.25, 0.3) is 0 Å². The minimum Gasteiger partial charge on any atom is -0.477 e. The molecule has 0 spiro atoms. The minimum atomic E-state index is -1.46. The Morgan fingerprint density at radius 2 is 2.00 bits per heavy atom. The number of nitrogens with zero attached hydrogens (tertiary/aromatic N) is 3. The Hall–Kier alpha value is -3.36. The zero-order chi connectivity index (χ0) is 24.6. The molecular formula is C20H19N5O7S2. The van der Waals surface area contributed by atoms with E-state index in [0.717, 1.165) is 21.2 Å². The molecule has 3 atom stereocenters. The summed E-state index contributed by atoms with van der Waals surface area (Å²) >= 11 is 2.32. The summed E-state index contributed by atoms with van der Waals surface area (Å²) in [7, 11) is 1.38. The van der Waals surface area contributed by atoms with E-state index in [1.165, 1.54) is 18.8 Å². The third-order valence-corrected chi connectivity index (χ3v) is 7.78. The average molecular weight is 506 g/mol. The summed E-state index contributed by atoms with van der Waals surface area (Å²) in [5.74, 6) is -2.28. The smallest absolute Gasteiger partial charge is 0.352 e. The Morgan fingerprint density at radius 3 is 2.68 bits per heavy atom. The van der Waals surface area contributed by atoms with Crippen LogP contribution in [0, 0.1) is 0 Å². The topological polar surface area (TPSA) is 175 Å². The molecule has 34 heavy (non-hydrogen) atoms. The van der Waals surface area contributed by atoms with Crippen molar-refractivity contribution in [2.75, 3.05) is 11.5 Å². The van der Waals surface area contributed by atoms with Crippen LogP contribution in [0.5, 0.6) is 0 Å². The molecule has 2 unspecified atom stereocenters. The van der Waals surface area contributed by atoms with Gasteiger partial charge in [0, 0.05) is 18.6 Å². The van der Waals surface area contributed by atoms with Crippen LogP contribution >= 0.6 is 23.5 Å². The molecule has 178 valence electrons. The molecule has 1 aromatic heterocycles. The van der Waals surface area contributed by atoms with Crippen LogP contribution in [0.3, 0.4) is 0 Å². The van der Waals surface area contributed by atoms with E-state index >= 15 is 0 Å². The molecule has 2 aliphatic rings. The fourth-order valence-electron chi connectivity index (χ4n) is 3.55. The van der Waals surface area contributed by atoms with Crippen molar-refractivity contribution in [2.45, 2.75) is 22.7 Å². The molecule has 12 nitrogen and oxygen atoms in total. The number of aromatic amines is 1. The number of carboxylic acid groups (broad SMARTS) is 1. The van der Waals surface area contributed by atoms with Gasteiger partial charge in [-0.05, 0) is 11.1 Å². The maximum absolute atomic E-state index is 12.8. The second-order valence-corrected chi connectivity index (χ2v) is 9.50. The van der Waals surface area contributed by atoms with Gasteiger partial charge in [-0.3, -0.25) is 28.6 Å². The molecule has 4 N–H and O–H groups in total. The molecule has 3 heterocycles. The van der Waals surface area contributed by atoms with Gasteiger partial charge in [-0.15, -0.1) is 16.9 Å². The second kappa shape index (κ2) is 9.48. The summed E-state index contributed by atoms with van der Waals surface area (Å²) in [6.45, 7) is 0. The number of carbonyl (C=O) groups excluding carboxylic acids is 2. The number of carboxylic acids is 1. The number of rotatable bonds is 7. The number of hydrogen-bond donors (Lipinski definition) is 4. The van der Waals surface area contributed by atoms with E-state index in [2.05, 4.69) is 15.5 Å². The van der Waals surface area contributed by atoms with E-state index in [4.69, 9.17) is 0 Å². The highest BCUT2D eigenvalue weighted by molar-refractivity contribution is 8.01. The minimum absolute atomic E-state index is 0.112. The molecule has 2 aliphatic heterocycles. The van der Waals surface area contributed by atoms with Gasteiger partial charge >= 0.3 is 17.1 Å². The highest BCUT2D eigenvalue weighted by Gasteiger charge is 2.54. The molecule has 0 bridgehead atoms. The molecule has 2 aromatic rings. The number of carbonyl (C=O) groups is 3. The average Bonchev–Trinajstić information content (AvgIpc) is 2.84. The van der Waals surface area contributed by atoms with Crippen LogP contribution in [0.2, 0.25) is 0 Å². The number of aliphatic hydroxyl groups is 1. The molecule has 1 aromatic carbocycles. The lowest BCUT2D eigenvalue weighted by atomic mass is 10.0. The van der Waals surface area contributed by atoms with Gasteiger partial charge in [0.2, 0.25) is 0 Å². The normalized spacial score (nSPS) is 20.4. The first-order valence-corrected chi connectivity index (χ1v) is 12.0. The number of amides is 2. The summed E-state index contributed by atoms with van der Waals surface area (Å²) in [5, 5.41) is 28.0. The maximum atomic E-state index is 12.8. The van der Waals surface area contributed by atoms with Crippen molar-refractivity contribution in [3.05, 3.63) is 67.9 Å². The highest BCUT2D eigenvalue weighted by atomic mass is 32.2. The Labute approximate surface area is 200 Å². The number of benzene rings is 1. The van der Waals surface area contributed by atoms with Crippen molar-refractivity contribution < 1.29 is 24.6 Å². The number of nitrogens with one attached hydrogen (secondary N) is 2. The van der Waals surface area contributed by atoms with Crippen molar-refractivity contribution in [2.24, 2.45) is 7.05 Å². The third kappa shape index (κ3) is 4.26. The molecule has 0 aliphatic carbocycles. The number of H-pyrrole nitrogens is 1. The van der Waals surface area contributed by atoms with Crippen LogP contribution in [-0.2, 0) is 21.4 Å². The SMILES string of the molecule is Cn1c(SCC2=C(C(=O)O)N3C(=O)C(NC(=O)C(O)c4ccccc4)[C@H]3SC2)n[nH]c(=O)c1=O. The summed E-state index contributed by atoms with van der Waals surface area (Å²) in [5.41, 5.74) is -1.05. The number of thioether (sulfide) groups is 2. The third-order valence-electron chi connectivity index (χ3n) is 5.33. The van der Waals surface area contributed by atoms with Crippen molar-refractivity contribution in [3.8, 4) is 0 Å². The first-order chi connectivity index (χ1) is 16.2. The van der Waals surface area contributed by atoms with Crippen LogP contribution in [0.1, 0.15) is 11.7 Å². The molecule has 1 fully saturated rings. The fraction of sp³-hybridized carbons (Fsp3) is 0.300. The van der Waals surface area contributed by atoms with Crippen molar-refractivity contribution >= 4 is 41.3 Å². The van der Waals surface area contributed by atoms with E-state index in [1.54, 1.807) is 30.3 Å². The van der Waals surface area contributed by atoms with Gasteiger partial charge in [0.05, 0.1) is 0 Å². The van der Waals surface area contributed by atoms with Gasteiger partial charge < -0.3 is 15.5 Å². The standard InChI is InChI=1S/C20H19N5O7S2/c1-24-17(30)15(28)22-23-20(24)34-8-10-7-33-18-11(16(29)25(18)12(10)19(31)32)21-14(27)13(26)9-5-3-2-4-6-9/h2-6,11,13,18,26H,7-8H2,1H3,(H,21,27)(H,22,28)(H,31,32)/t11?,13?,18-/m1/s1. The predicted octanol–water partition coefficient (Wildman–Crippen LogP) is -0.967. The van der Waals surface area contributed by atoms with Crippen LogP contribution in [-0.4, -0.2) is 70.6 Å². The van der Waals surface area contributed by atoms with E-state index in [-0.39, 0.29) is 22.4 Å². The van der Waals surface area contributed by atoms with E-state index in [9.17, 15) is 34.2 Å². The molecule has 1 saturated heterocycles. The van der Waals surface area contributed by atoms with Crippen molar-refractivity contribution in [1.82, 2.24) is 25.0 Å². The summed E-state index contributed by atoms with van der Waals surface area (Å²) < 4.78 is 1.06. The van der Waals surface area contributed by atoms with Gasteiger partial charge in [-0.2, -0.15) is 0 Å². The number of hydrogen-bond acceptors (Lipinski definition) is 9.